The van der Waals surface area contributed by atoms with E-state index in [-0.39, 0.29) is 18.4 Å². The van der Waals surface area contributed by atoms with Crippen molar-refractivity contribution >= 4 is 36.8 Å². The number of hydrogen-bond donors (Lipinski definition) is 1. The van der Waals surface area contributed by atoms with Crippen LogP contribution in [-0.4, -0.2) is 27.9 Å². The van der Waals surface area contributed by atoms with Gasteiger partial charge in [0.15, 0.2) is 14.6 Å². The van der Waals surface area contributed by atoms with Crippen LogP contribution in [0.15, 0.2) is 22.7 Å². The zero-order valence-corrected chi connectivity index (χ0v) is 19.0. The SMILES string of the molecule is CC(C)(C)[S@@](=O)N[C@@](C)(CS(=O)(=O)C1(C#N)CCC1)c1cc(Br)ccc1F. The summed E-state index contributed by atoms with van der Waals surface area (Å²) in [5, 5.41) is 9.46. The summed E-state index contributed by atoms with van der Waals surface area (Å²) in [5.41, 5.74) is -1.38. The quantitative estimate of drug-likeness (QED) is 0.674. The molecule has 5 nitrogen and oxygen atoms in total. The molecule has 0 unspecified atom stereocenters. The van der Waals surface area contributed by atoms with Gasteiger partial charge in [-0.1, -0.05) is 15.9 Å². The maximum absolute atomic E-state index is 14.6. The second kappa shape index (κ2) is 7.54. The van der Waals surface area contributed by atoms with E-state index in [4.69, 9.17) is 0 Å². The second-order valence-corrected chi connectivity index (χ2v) is 13.3. The molecule has 0 aromatic heterocycles. The van der Waals surface area contributed by atoms with Crippen molar-refractivity contribution < 1.29 is 17.0 Å². The largest absolute Gasteiger partial charge is 0.242 e. The van der Waals surface area contributed by atoms with Gasteiger partial charge in [0, 0.05) is 10.0 Å². The van der Waals surface area contributed by atoms with E-state index in [0.717, 1.165) is 0 Å². The molecular formula is C18H24BrFN2O3S2. The third kappa shape index (κ3) is 4.44. The smallest absolute Gasteiger partial charge is 0.171 e. The number of rotatable bonds is 6. The minimum Gasteiger partial charge on any atom is -0.242 e. The molecule has 2 rings (SSSR count). The molecule has 1 aliphatic carbocycles. The molecule has 0 radical (unpaired) electrons. The fourth-order valence-electron chi connectivity index (χ4n) is 2.95. The topological polar surface area (TPSA) is 87.0 Å². The van der Waals surface area contributed by atoms with Crippen LogP contribution in [0, 0.1) is 17.1 Å². The van der Waals surface area contributed by atoms with Gasteiger partial charge in [0.25, 0.3) is 0 Å². The first kappa shape index (κ1) is 22.5. The van der Waals surface area contributed by atoms with Gasteiger partial charge >= 0.3 is 0 Å². The van der Waals surface area contributed by atoms with Gasteiger partial charge in [0.05, 0.1) is 33.1 Å². The highest BCUT2D eigenvalue weighted by atomic mass is 79.9. The zero-order chi connectivity index (χ0) is 20.7. The van der Waals surface area contributed by atoms with Crippen molar-refractivity contribution in [1.82, 2.24) is 4.72 Å². The summed E-state index contributed by atoms with van der Waals surface area (Å²) in [6, 6.07) is 6.17. The Kier molecular flexibility index (Phi) is 6.28. The Hall–Kier alpha value is -0.820. The number of nitriles is 1. The maximum atomic E-state index is 14.6. The molecule has 1 N–H and O–H groups in total. The van der Waals surface area contributed by atoms with Gasteiger partial charge in [-0.3, -0.25) is 0 Å². The monoisotopic (exact) mass is 478 g/mol. The minimum atomic E-state index is -3.90. The first-order valence-electron chi connectivity index (χ1n) is 8.55. The van der Waals surface area contributed by atoms with Gasteiger partial charge in [0.2, 0.25) is 0 Å². The average molecular weight is 479 g/mol. The summed E-state index contributed by atoms with van der Waals surface area (Å²) in [6.45, 7) is 6.74. The van der Waals surface area contributed by atoms with Gasteiger partial charge in [0.1, 0.15) is 5.82 Å². The summed E-state index contributed by atoms with van der Waals surface area (Å²) in [6.07, 6.45) is 1.20. The molecular weight excluding hydrogens is 455 g/mol. The van der Waals surface area contributed by atoms with Crippen LogP contribution >= 0.6 is 15.9 Å². The molecule has 1 saturated carbocycles. The summed E-state index contributed by atoms with van der Waals surface area (Å²) in [4.78, 5) is 0. The normalized spacial score (nSPS) is 20.2. The second-order valence-electron chi connectivity index (χ2n) is 8.16. The first-order chi connectivity index (χ1) is 12.3. The molecule has 1 fully saturated rings. The zero-order valence-electron chi connectivity index (χ0n) is 15.8. The summed E-state index contributed by atoms with van der Waals surface area (Å²) in [7, 11) is -5.55. The fraction of sp³-hybridized carbons (Fsp3) is 0.611. The van der Waals surface area contributed by atoms with Crippen LogP contribution in [0.4, 0.5) is 4.39 Å². The number of benzene rings is 1. The molecule has 0 aliphatic heterocycles. The molecule has 27 heavy (non-hydrogen) atoms. The molecule has 1 aromatic rings. The van der Waals surface area contributed by atoms with E-state index in [2.05, 4.69) is 20.7 Å². The molecule has 0 bridgehead atoms. The highest BCUT2D eigenvalue weighted by Gasteiger charge is 2.52. The molecule has 150 valence electrons. The molecule has 0 heterocycles. The van der Waals surface area contributed by atoms with E-state index in [0.29, 0.717) is 10.9 Å². The Bertz CT molecular complexity index is 902. The average Bonchev–Trinajstić information content (AvgIpc) is 2.47. The summed E-state index contributed by atoms with van der Waals surface area (Å²) in [5.74, 6) is -1.13. The number of halogens is 2. The Morgan fingerprint density at radius 3 is 2.37 bits per heavy atom. The van der Waals surface area contributed by atoms with Crippen molar-refractivity contribution in [3.05, 3.63) is 34.1 Å². The van der Waals surface area contributed by atoms with E-state index < -0.39 is 47.4 Å². The molecule has 0 spiro atoms. The van der Waals surface area contributed by atoms with Crippen molar-refractivity contribution in [2.45, 2.75) is 62.0 Å². The lowest BCUT2D eigenvalue weighted by molar-refractivity contribution is 0.392. The summed E-state index contributed by atoms with van der Waals surface area (Å²) < 4.78 is 54.8. The van der Waals surface area contributed by atoms with Crippen molar-refractivity contribution in [3.63, 3.8) is 0 Å². The fourth-order valence-corrected chi connectivity index (χ4v) is 6.61. The van der Waals surface area contributed by atoms with Crippen LogP contribution in [0.2, 0.25) is 0 Å². The first-order valence-corrected chi connectivity index (χ1v) is 12.1. The lowest BCUT2D eigenvalue weighted by Crippen LogP contribution is -2.55. The standard InChI is InChI=1S/C18H24BrFN2O3S2/c1-16(2,3)26(23)22-17(4,14-10-13(19)6-7-15(14)20)12-27(24,25)18(11-21)8-5-9-18/h6-7,10,22H,5,8-9,12H2,1-4H3/t17-,26+/m0/s1. The van der Waals surface area contributed by atoms with Crippen molar-refractivity contribution in [1.29, 1.82) is 5.26 Å². The molecule has 0 saturated heterocycles. The van der Waals surface area contributed by atoms with E-state index in [1.54, 1.807) is 20.8 Å². The molecule has 0 amide bonds. The highest BCUT2D eigenvalue weighted by Crippen LogP contribution is 2.42. The van der Waals surface area contributed by atoms with E-state index >= 15 is 0 Å². The number of nitrogens with one attached hydrogen (secondary N) is 1. The van der Waals surface area contributed by atoms with E-state index in [9.17, 15) is 22.3 Å². The van der Waals surface area contributed by atoms with Crippen LogP contribution in [0.3, 0.4) is 0 Å². The Labute approximate surface area is 171 Å². The number of nitrogens with zero attached hydrogens (tertiary/aromatic N) is 1. The highest BCUT2D eigenvalue weighted by molar-refractivity contribution is 9.10. The van der Waals surface area contributed by atoms with Crippen LogP contribution in [0.25, 0.3) is 0 Å². The van der Waals surface area contributed by atoms with Crippen LogP contribution in [0.1, 0.15) is 52.5 Å². The molecule has 2 atom stereocenters. The molecule has 1 aliphatic rings. The molecule has 1 aromatic carbocycles. The number of sulfone groups is 1. The van der Waals surface area contributed by atoms with Gasteiger partial charge in [-0.2, -0.15) is 5.26 Å². The lowest BCUT2D eigenvalue weighted by atomic mass is 9.86. The minimum absolute atomic E-state index is 0.0884. The number of hydrogen-bond acceptors (Lipinski definition) is 4. The predicted octanol–water partition coefficient (Wildman–Crippen LogP) is 3.72. The van der Waals surface area contributed by atoms with Crippen LogP contribution in [0.5, 0.6) is 0 Å². The van der Waals surface area contributed by atoms with Crippen molar-refractivity contribution in [3.8, 4) is 6.07 Å². The predicted molar refractivity (Wildman–Crippen MR) is 108 cm³/mol. The van der Waals surface area contributed by atoms with Crippen LogP contribution in [-0.2, 0) is 26.4 Å². The Morgan fingerprint density at radius 1 is 1.33 bits per heavy atom. The Morgan fingerprint density at radius 2 is 1.93 bits per heavy atom. The van der Waals surface area contributed by atoms with Gasteiger partial charge < -0.3 is 0 Å². The van der Waals surface area contributed by atoms with Gasteiger partial charge in [-0.15, -0.1) is 0 Å². The summed E-state index contributed by atoms with van der Waals surface area (Å²) >= 11 is 3.28. The van der Waals surface area contributed by atoms with Crippen LogP contribution < -0.4 is 4.72 Å². The van der Waals surface area contributed by atoms with Crippen molar-refractivity contribution in [2.24, 2.45) is 0 Å². The van der Waals surface area contributed by atoms with Gasteiger partial charge in [-0.25, -0.2) is 21.7 Å². The van der Waals surface area contributed by atoms with E-state index in [1.807, 2.05) is 6.07 Å². The molecule has 9 heteroatoms. The third-order valence-electron chi connectivity index (χ3n) is 4.84. The Balaban J connectivity index is 2.55. The van der Waals surface area contributed by atoms with Crippen molar-refractivity contribution in [2.75, 3.05) is 5.75 Å². The third-order valence-corrected chi connectivity index (χ3v) is 9.73. The van der Waals surface area contributed by atoms with E-state index in [1.165, 1.54) is 25.1 Å². The van der Waals surface area contributed by atoms with Gasteiger partial charge in [-0.05, 0) is 65.2 Å². The lowest BCUT2D eigenvalue weighted by Gasteiger charge is -2.39. The maximum Gasteiger partial charge on any atom is 0.171 e.